The van der Waals surface area contributed by atoms with Crippen LogP contribution in [0.15, 0.2) is 109 Å². The third-order valence-electron chi connectivity index (χ3n) is 7.44. The summed E-state index contributed by atoms with van der Waals surface area (Å²) in [4.78, 5) is 40.6. The molecule has 0 heterocycles. The third-order valence-corrected chi connectivity index (χ3v) is 7.44. The zero-order valence-corrected chi connectivity index (χ0v) is 24.3. The number of hydrogen-bond donors (Lipinski definition) is 1. The molecule has 0 unspecified atom stereocenters. The van der Waals surface area contributed by atoms with E-state index in [1.807, 2.05) is 83.8 Å². The van der Waals surface area contributed by atoms with Gasteiger partial charge >= 0.3 is 5.97 Å². The summed E-state index contributed by atoms with van der Waals surface area (Å²) >= 11 is 0. The molecule has 1 amide bonds. The summed E-state index contributed by atoms with van der Waals surface area (Å²) in [6.07, 6.45) is 2.99. The second-order valence-corrected chi connectivity index (χ2v) is 10.6. The minimum absolute atomic E-state index is 0.127. The molecule has 1 fully saturated rings. The molecule has 5 rings (SSSR count). The Morgan fingerprint density at radius 3 is 2.16 bits per heavy atom. The van der Waals surface area contributed by atoms with Crippen LogP contribution in [0.3, 0.4) is 0 Å². The van der Waals surface area contributed by atoms with Gasteiger partial charge < -0.3 is 19.7 Å². The highest BCUT2D eigenvalue weighted by Gasteiger charge is 2.33. The molecule has 43 heavy (non-hydrogen) atoms. The highest BCUT2D eigenvalue weighted by molar-refractivity contribution is 6.12. The van der Waals surface area contributed by atoms with E-state index in [9.17, 15) is 14.4 Å². The van der Waals surface area contributed by atoms with Gasteiger partial charge in [0.1, 0.15) is 11.8 Å². The molecule has 0 spiro atoms. The van der Waals surface area contributed by atoms with Gasteiger partial charge in [-0.05, 0) is 61.2 Å². The van der Waals surface area contributed by atoms with Crippen molar-refractivity contribution in [1.82, 2.24) is 0 Å². The predicted octanol–water partition coefficient (Wildman–Crippen LogP) is 6.33. The summed E-state index contributed by atoms with van der Waals surface area (Å²) in [6, 6.07) is 32.9. The Morgan fingerprint density at radius 2 is 1.49 bits per heavy atom. The van der Waals surface area contributed by atoms with Crippen LogP contribution in [0.4, 0.5) is 11.4 Å². The molecule has 0 saturated heterocycles. The van der Waals surface area contributed by atoms with Gasteiger partial charge in [0.25, 0.3) is 0 Å². The lowest BCUT2D eigenvalue weighted by atomic mass is 10.00. The molecule has 1 aliphatic carbocycles. The van der Waals surface area contributed by atoms with Crippen LogP contribution in [0.5, 0.6) is 5.75 Å². The van der Waals surface area contributed by atoms with Crippen LogP contribution < -0.4 is 15.0 Å². The summed E-state index contributed by atoms with van der Waals surface area (Å²) in [5.41, 5.74) is 3.45. The number of benzene rings is 4. The van der Waals surface area contributed by atoms with Crippen LogP contribution in [0, 0.1) is 5.92 Å². The number of para-hydroxylation sites is 2. The average Bonchev–Trinajstić information content (AvgIpc) is 3.91. The van der Waals surface area contributed by atoms with E-state index in [0.717, 1.165) is 24.1 Å². The first-order valence-electron chi connectivity index (χ1n) is 14.6. The van der Waals surface area contributed by atoms with Crippen LogP contribution in [0.25, 0.3) is 0 Å². The second kappa shape index (κ2) is 14.3. The standard InChI is InChI=1S/C36H36N2O5/c1-42-36(41)33(37-32-16-9-8-15-31(32)34(39)27-11-4-2-5-12-27)25-26-17-21-30(22-18-26)43-24-10-23-38(35(40)28-19-20-28)29-13-6-3-7-14-29/h2-9,11-18,21-22,28,33,37H,10,19-20,23-25H2,1H3/t33-/m0/s1. The number of carbonyl (C=O) groups excluding carboxylic acids is 3. The van der Waals surface area contributed by atoms with Gasteiger partial charge in [-0.1, -0.05) is 72.8 Å². The summed E-state index contributed by atoms with van der Waals surface area (Å²) in [7, 11) is 1.35. The number of ether oxygens (including phenoxy) is 2. The molecule has 1 aliphatic rings. The fourth-order valence-corrected chi connectivity index (χ4v) is 4.97. The first-order valence-corrected chi connectivity index (χ1v) is 14.6. The molecule has 1 saturated carbocycles. The van der Waals surface area contributed by atoms with E-state index < -0.39 is 12.0 Å². The molecule has 7 nitrogen and oxygen atoms in total. The van der Waals surface area contributed by atoms with Crippen molar-refractivity contribution in [3.8, 4) is 5.75 Å². The summed E-state index contributed by atoms with van der Waals surface area (Å²) in [5.74, 6) is 0.500. The lowest BCUT2D eigenvalue weighted by molar-refractivity contribution is -0.141. The molecular formula is C36H36N2O5. The summed E-state index contributed by atoms with van der Waals surface area (Å²) in [6.45, 7) is 1.07. The normalized spacial score (nSPS) is 13.0. The Bertz CT molecular complexity index is 1520. The monoisotopic (exact) mass is 576 g/mol. The van der Waals surface area contributed by atoms with Crippen molar-refractivity contribution >= 4 is 29.0 Å². The molecule has 4 aromatic rings. The quantitative estimate of drug-likeness (QED) is 0.107. The lowest BCUT2D eigenvalue weighted by Crippen LogP contribution is -2.33. The van der Waals surface area contributed by atoms with Gasteiger partial charge in [-0.25, -0.2) is 4.79 Å². The second-order valence-electron chi connectivity index (χ2n) is 10.6. The molecule has 0 aliphatic heterocycles. The smallest absolute Gasteiger partial charge is 0.328 e. The van der Waals surface area contributed by atoms with Crippen molar-refractivity contribution in [2.24, 2.45) is 5.92 Å². The Morgan fingerprint density at radius 1 is 0.837 bits per heavy atom. The highest BCUT2D eigenvalue weighted by Crippen LogP contribution is 2.33. The average molecular weight is 577 g/mol. The number of nitrogens with one attached hydrogen (secondary N) is 1. The fraction of sp³-hybridized carbons (Fsp3) is 0.250. The molecule has 4 aromatic carbocycles. The number of methoxy groups -OCH3 is 1. The Hall–Kier alpha value is -4.91. The van der Waals surface area contributed by atoms with E-state index in [-0.39, 0.29) is 17.6 Å². The van der Waals surface area contributed by atoms with E-state index >= 15 is 0 Å². The molecule has 1 atom stereocenters. The number of anilines is 2. The fourth-order valence-electron chi connectivity index (χ4n) is 4.97. The van der Waals surface area contributed by atoms with Crippen LogP contribution in [0.2, 0.25) is 0 Å². The van der Waals surface area contributed by atoms with Crippen LogP contribution >= 0.6 is 0 Å². The molecule has 1 N–H and O–H groups in total. The Labute approximate surface area is 252 Å². The molecule has 0 radical (unpaired) electrons. The van der Waals surface area contributed by atoms with Crippen molar-refractivity contribution in [2.75, 3.05) is 30.5 Å². The van der Waals surface area contributed by atoms with Crippen molar-refractivity contribution in [1.29, 1.82) is 0 Å². The molecule has 0 aromatic heterocycles. The SMILES string of the molecule is COC(=O)[C@H](Cc1ccc(OCCCN(C(=O)C2CC2)c2ccccc2)cc1)Nc1ccccc1C(=O)c1ccccc1. The number of esters is 1. The minimum Gasteiger partial charge on any atom is -0.494 e. The minimum atomic E-state index is -0.700. The van der Waals surface area contributed by atoms with Crippen molar-refractivity contribution < 1.29 is 23.9 Å². The molecule has 7 heteroatoms. The number of carbonyl (C=O) groups is 3. The number of ketones is 1. The van der Waals surface area contributed by atoms with Crippen molar-refractivity contribution in [2.45, 2.75) is 31.7 Å². The van der Waals surface area contributed by atoms with E-state index in [1.165, 1.54) is 7.11 Å². The molecule has 0 bridgehead atoms. The van der Waals surface area contributed by atoms with Gasteiger partial charge in [0.2, 0.25) is 5.91 Å². The summed E-state index contributed by atoms with van der Waals surface area (Å²) in [5, 5.41) is 3.24. The van der Waals surface area contributed by atoms with Crippen LogP contribution in [-0.4, -0.2) is 44.0 Å². The lowest BCUT2D eigenvalue weighted by Gasteiger charge is -2.23. The van der Waals surface area contributed by atoms with Crippen molar-refractivity contribution in [3.63, 3.8) is 0 Å². The van der Waals surface area contributed by atoms with Gasteiger partial charge in [-0.2, -0.15) is 0 Å². The number of amides is 1. The maximum absolute atomic E-state index is 13.2. The van der Waals surface area contributed by atoms with Crippen LogP contribution in [0.1, 0.15) is 40.7 Å². The molecule has 220 valence electrons. The van der Waals surface area contributed by atoms with Gasteiger partial charge in [-0.3, -0.25) is 9.59 Å². The topological polar surface area (TPSA) is 84.9 Å². The number of hydrogen-bond acceptors (Lipinski definition) is 6. The predicted molar refractivity (Wildman–Crippen MR) is 168 cm³/mol. The van der Waals surface area contributed by atoms with Gasteiger partial charge in [0, 0.05) is 41.4 Å². The number of nitrogens with zero attached hydrogens (tertiary/aromatic N) is 1. The zero-order valence-electron chi connectivity index (χ0n) is 24.3. The first-order chi connectivity index (χ1) is 21.0. The maximum Gasteiger partial charge on any atom is 0.328 e. The van der Waals surface area contributed by atoms with E-state index in [0.29, 0.717) is 48.6 Å². The van der Waals surface area contributed by atoms with Gasteiger partial charge in [0.15, 0.2) is 5.78 Å². The first kappa shape index (κ1) is 29.6. The number of rotatable bonds is 14. The maximum atomic E-state index is 13.2. The summed E-state index contributed by atoms with van der Waals surface area (Å²) < 4.78 is 11.1. The van der Waals surface area contributed by atoms with Crippen molar-refractivity contribution in [3.05, 3.63) is 126 Å². The van der Waals surface area contributed by atoms with Gasteiger partial charge in [0.05, 0.1) is 13.7 Å². The zero-order chi connectivity index (χ0) is 30.0. The largest absolute Gasteiger partial charge is 0.494 e. The third kappa shape index (κ3) is 7.89. The molecular weight excluding hydrogens is 540 g/mol. The Kier molecular flexibility index (Phi) is 9.85. The van der Waals surface area contributed by atoms with E-state index in [1.54, 1.807) is 30.3 Å². The highest BCUT2D eigenvalue weighted by atomic mass is 16.5. The van der Waals surface area contributed by atoms with E-state index in [4.69, 9.17) is 9.47 Å². The van der Waals surface area contributed by atoms with Crippen LogP contribution in [-0.2, 0) is 20.7 Å². The Balaban J connectivity index is 1.18. The van der Waals surface area contributed by atoms with Gasteiger partial charge in [-0.15, -0.1) is 0 Å². The van der Waals surface area contributed by atoms with E-state index in [2.05, 4.69) is 5.32 Å².